The van der Waals surface area contributed by atoms with Crippen molar-refractivity contribution in [2.45, 2.75) is 6.42 Å². The van der Waals surface area contributed by atoms with Crippen LogP contribution in [0.2, 0.25) is 5.02 Å². The van der Waals surface area contributed by atoms with E-state index in [0.717, 1.165) is 11.4 Å². The molecule has 2 aromatic carbocycles. The Bertz CT molecular complexity index is 665. The Hall–Kier alpha value is -2.13. The predicted molar refractivity (Wildman–Crippen MR) is 84.9 cm³/mol. The molecule has 1 aliphatic rings. The van der Waals surface area contributed by atoms with Crippen LogP contribution in [0.3, 0.4) is 0 Å². The maximum absolute atomic E-state index is 12.6. The minimum atomic E-state index is -0.0150. The van der Waals surface area contributed by atoms with Crippen LogP contribution in [0, 0.1) is 0 Å². The van der Waals surface area contributed by atoms with Crippen molar-refractivity contribution in [3.63, 3.8) is 0 Å². The molecule has 0 spiro atoms. The molecule has 3 nitrogen and oxygen atoms in total. The SMILES string of the molecule is O=C(c1ccc(Cl)cc1)N1CCN=C1Cc1ccccc1. The molecule has 0 saturated heterocycles. The maximum Gasteiger partial charge on any atom is 0.259 e. The minimum Gasteiger partial charge on any atom is -0.294 e. The summed E-state index contributed by atoms with van der Waals surface area (Å²) in [7, 11) is 0. The van der Waals surface area contributed by atoms with Crippen molar-refractivity contribution in [2.24, 2.45) is 4.99 Å². The zero-order chi connectivity index (χ0) is 14.7. The second-order valence-electron chi connectivity index (χ2n) is 4.92. The summed E-state index contributed by atoms with van der Waals surface area (Å²) in [6.07, 6.45) is 0.681. The molecule has 2 aromatic rings. The van der Waals surface area contributed by atoms with E-state index in [0.29, 0.717) is 30.1 Å². The molecule has 0 unspecified atom stereocenters. The van der Waals surface area contributed by atoms with Gasteiger partial charge in [0.2, 0.25) is 0 Å². The van der Waals surface area contributed by atoms with Gasteiger partial charge in [0.1, 0.15) is 5.84 Å². The van der Waals surface area contributed by atoms with Crippen molar-refractivity contribution in [1.82, 2.24) is 4.90 Å². The van der Waals surface area contributed by atoms with E-state index in [4.69, 9.17) is 11.6 Å². The summed E-state index contributed by atoms with van der Waals surface area (Å²) in [5, 5.41) is 0.631. The molecular formula is C17H15ClN2O. The van der Waals surface area contributed by atoms with Gasteiger partial charge in [0.05, 0.1) is 6.54 Å². The highest BCUT2D eigenvalue weighted by Crippen LogP contribution is 2.15. The van der Waals surface area contributed by atoms with E-state index < -0.39 is 0 Å². The lowest BCUT2D eigenvalue weighted by molar-refractivity contribution is 0.0856. The summed E-state index contributed by atoms with van der Waals surface area (Å²) < 4.78 is 0. The van der Waals surface area contributed by atoms with Crippen LogP contribution < -0.4 is 0 Å². The number of halogens is 1. The third kappa shape index (κ3) is 3.14. The summed E-state index contributed by atoms with van der Waals surface area (Å²) >= 11 is 5.86. The summed E-state index contributed by atoms with van der Waals surface area (Å²) in [5.74, 6) is 0.819. The van der Waals surface area contributed by atoms with E-state index in [1.54, 1.807) is 29.2 Å². The van der Waals surface area contributed by atoms with Crippen LogP contribution in [0.25, 0.3) is 0 Å². The molecule has 3 rings (SSSR count). The Kier molecular flexibility index (Phi) is 4.02. The second-order valence-corrected chi connectivity index (χ2v) is 5.36. The molecule has 0 N–H and O–H groups in total. The molecule has 1 heterocycles. The first-order valence-electron chi connectivity index (χ1n) is 6.89. The van der Waals surface area contributed by atoms with E-state index >= 15 is 0 Å². The molecule has 4 heteroatoms. The monoisotopic (exact) mass is 298 g/mol. The number of hydrogen-bond donors (Lipinski definition) is 0. The van der Waals surface area contributed by atoms with Gasteiger partial charge in [-0.05, 0) is 29.8 Å². The number of hydrogen-bond acceptors (Lipinski definition) is 2. The molecule has 1 aliphatic heterocycles. The second kappa shape index (κ2) is 6.10. The Labute approximate surface area is 128 Å². The van der Waals surface area contributed by atoms with Crippen LogP contribution in [0.4, 0.5) is 0 Å². The van der Waals surface area contributed by atoms with E-state index in [2.05, 4.69) is 4.99 Å². The predicted octanol–water partition coefficient (Wildman–Crippen LogP) is 3.44. The van der Waals surface area contributed by atoms with Gasteiger partial charge in [-0.2, -0.15) is 0 Å². The molecule has 0 atom stereocenters. The lowest BCUT2D eigenvalue weighted by Gasteiger charge is -2.18. The molecule has 21 heavy (non-hydrogen) atoms. The van der Waals surface area contributed by atoms with Gasteiger partial charge in [-0.1, -0.05) is 41.9 Å². The zero-order valence-corrected chi connectivity index (χ0v) is 12.3. The fourth-order valence-corrected chi connectivity index (χ4v) is 2.52. The third-order valence-corrected chi connectivity index (χ3v) is 3.72. The maximum atomic E-state index is 12.6. The summed E-state index contributed by atoms with van der Waals surface area (Å²) in [6.45, 7) is 1.31. The molecule has 0 fully saturated rings. The summed E-state index contributed by atoms with van der Waals surface area (Å²) in [5.41, 5.74) is 1.80. The Morgan fingerprint density at radius 3 is 2.52 bits per heavy atom. The molecular weight excluding hydrogens is 284 g/mol. The lowest BCUT2D eigenvalue weighted by atomic mass is 10.1. The largest absolute Gasteiger partial charge is 0.294 e. The van der Waals surface area contributed by atoms with Crippen molar-refractivity contribution in [2.75, 3.05) is 13.1 Å². The van der Waals surface area contributed by atoms with Crippen molar-refractivity contribution in [3.05, 3.63) is 70.7 Å². The first kappa shape index (κ1) is 13.8. The lowest BCUT2D eigenvalue weighted by Crippen LogP contribution is -2.35. The Morgan fingerprint density at radius 2 is 1.81 bits per heavy atom. The minimum absolute atomic E-state index is 0.0150. The van der Waals surface area contributed by atoms with Gasteiger partial charge < -0.3 is 0 Å². The highest BCUT2D eigenvalue weighted by atomic mass is 35.5. The molecule has 0 aromatic heterocycles. The van der Waals surface area contributed by atoms with Crippen LogP contribution in [-0.4, -0.2) is 29.7 Å². The smallest absolute Gasteiger partial charge is 0.259 e. The fourth-order valence-electron chi connectivity index (χ4n) is 2.39. The van der Waals surface area contributed by atoms with E-state index in [9.17, 15) is 4.79 Å². The summed E-state index contributed by atoms with van der Waals surface area (Å²) in [4.78, 5) is 18.8. The average Bonchev–Trinajstić information content (AvgIpc) is 2.96. The van der Waals surface area contributed by atoms with Gasteiger partial charge in [-0.25, -0.2) is 0 Å². The van der Waals surface area contributed by atoms with Crippen LogP contribution >= 0.6 is 11.6 Å². The van der Waals surface area contributed by atoms with Crippen LogP contribution in [0.5, 0.6) is 0 Å². The third-order valence-electron chi connectivity index (χ3n) is 3.47. The molecule has 0 saturated carbocycles. The number of carbonyl (C=O) groups excluding carboxylic acids is 1. The molecule has 106 valence electrons. The van der Waals surface area contributed by atoms with Gasteiger partial charge in [-0.3, -0.25) is 14.7 Å². The van der Waals surface area contributed by atoms with E-state index in [-0.39, 0.29) is 5.91 Å². The standard InChI is InChI=1S/C17H15ClN2O/c18-15-8-6-14(7-9-15)17(21)20-11-10-19-16(20)12-13-4-2-1-3-5-13/h1-9H,10-12H2. The number of carbonyl (C=O) groups is 1. The van der Waals surface area contributed by atoms with Crippen molar-refractivity contribution in [3.8, 4) is 0 Å². The number of rotatable bonds is 3. The first-order chi connectivity index (χ1) is 10.2. The van der Waals surface area contributed by atoms with Gasteiger partial charge in [0, 0.05) is 23.6 Å². The van der Waals surface area contributed by atoms with Crippen molar-refractivity contribution >= 4 is 23.3 Å². The van der Waals surface area contributed by atoms with Crippen LogP contribution in [0.1, 0.15) is 15.9 Å². The highest BCUT2D eigenvalue weighted by molar-refractivity contribution is 6.30. The number of nitrogens with zero attached hydrogens (tertiary/aromatic N) is 2. The Balaban J connectivity index is 1.77. The van der Waals surface area contributed by atoms with Crippen molar-refractivity contribution in [1.29, 1.82) is 0 Å². The molecule has 0 radical (unpaired) electrons. The number of amides is 1. The first-order valence-corrected chi connectivity index (χ1v) is 7.26. The van der Waals surface area contributed by atoms with Crippen LogP contribution in [0.15, 0.2) is 59.6 Å². The topological polar surface area (TPSA) is 32.7 Å². The quantitative estimate of drug-likeness (QED) is 0.854. The van der Waals surface area contributed by atoms with Gasteiger partial charge in [0.25, 0.3) is 5.91 Å². The zero-order valence-electron chi connectivity index (χ0n) is 11.5. The van der Waals surface area contributed by atoms with Crippen LogP contribution in [-0.2, 0) is 6.42 Å². The molecule has 0 aliphatic carbocycles. The number of amidine groups is 1. The van der Waals surface area contributed by atoms with Gasteiger partial charge >= 0.3 is 0 Å². The highest BCUT2D eigenvalue weighted by Gasteiger charge is 2.24. The molecule has 1 amide bonds. The van der Waals surface area contributed by atoms with Gasteiger partial charge in [-0.15, -0.1) is 0 Å². The normalized spacial score (nSPS) is 14.1. The number of benzene rings is 2. The fraction of sp³-hybridized carbons (Fsp3) is 0.176. The number of aliphatic imine (C=N–C) groups is 1. The Morgan fingerprint density at radius 1 is 1.10 bits per heavy atom. The van der Waals surface area contributed by atoms with Gasteiger partial charge in [0.15, 0.2) is 0 Å². The molecule has 0 bridgehead atoms. The van der Waals surface area contributed by atoms with E-state index in [1.165, 1.54) is 0 Å². The average molecular weight is 299 g/mol. The van der Waals surface area contributed by atoms with Crippen molar-refractivity contribution < 1.29 is 4.79 Å². The summed E-state index contributed by atoms with van der Waals surface area (Å²) in [6, 6.07) is 17.0. The van der Waals surface area contributed by atoms with E-state index in [1.807, 2.05) is 30.3 Å².